The highest BCUT2D eigenvalue weighted by Crippen LogP contribution is 2.33. The second kappa shape index (κ2) is 10.5. The number of aliphatic imine (C=N–C) groups is 1. The summed E-state index contributed by atoms with van der Waals surface area (Å²) in [6, 6.07) is 8.48. The molecule has 0 saturated carbocycles. The van der Waals surface area contributed by atoms with E-state index in [0.717, 1.165) is 29.9 Å². The molecule has 0 aliphatic heterocycles. The van der Waals surface area contributed by atoms with Gasteiger partial charge in [-0.3, -0.25) is 0 Å². The second-order valence-corrected chi connectivity index (χ2v) is 7.58. The molecule has 0 aliphatic rings. The van der Waals surface area contributed by atoms with Gasteiger partial charge in [0, 0.05) is 13.6 Å². The summed E-state index contributed by atoms with van der Waals surface area (Å²) in [7, 11) is 1.92. The maximum Gasteiger partial charge on any atom is 0.416 e. The van der Waals surface area contributed by atoms with Crippen LogP contribution in [0.15, 0.2) is 41.4 Å². The third-order valence-electron chi connectivity index (χ3n) is 5.04. The zero-order valence-electron chi connectivity index (χ0n) is 18.6. The van der Waals surface area contributed by atoms with Gasteiger partial charge >= 0.3 is 12.1 Å². The number of benzene rings is 2. The first-order chi connectivity index (χ1) is 14.6. The Morgan fingerprint density at radius 3 is 2.48 bits per heavy atom. The van der Waals surface area contributed by atoms with Crippen LogP contribution in [0.1, 0.15) is 65.4 Å². The van der Waals surface area contributed by atoms with E-state index in [0.29, 0.717) is 29.5 Å². The van der Waals surface area contributed by atoms with E-state index in [1.54, 1.807) is 25.4 Å². The van der Waals surface area contributed by atoms with Crippen LogP contribution in [-0.4, -0.2) is 30.8 Å². The molecule has 2 aromatic rings. The minimum absolute atomic E-state index is 0.336. The van der Waals surface area contributed by atoms with Gasteiger partial charge in [0.25, 0.3) is 0 Å². The average molecular weight is 435 g/mol. The Kier molecular flexibility index (Phi) is 8.25. The standard InChI is InChI=1S/C24H29F3N2O2/c1-6-9-22(18-10-8-11-19(14-18)24(25,26)27)31-23(30)20-12-17(4)21(13-16(20)3)28-15-29(5)7-2/h8,10-15,22H,6-7,9H2,1-5H3. The van der Waals surface area contributed by atoms with E-state index in [1.807, 2.05) is 38.8 Å². The molecule has 1 unspecified atom stereocenters. The Labute approximate surface area is 181 Å². The van der Waals surface area contributed by atoms with Crippen LogP contribution in [0.25, 0.3) is 0 Å². The molecule has 0 fully saturated rings. The third kappa shape index (κ3) is 6.57. The number of carbonyl (C=O) groups is 1. The van der Waals surface area contributed by atoms with Crippen LogP contribution in [0.2, 0.25) is 0 Å². The molecule has 2 aromatic carbocycles. The number of nitrogens with zero attached hydrogens (tertiary/aromatic N) is 2. The van der Waals surface area contributed by atoms with Gasteiger partial charge in [-0.15, -0.1) is 0 Å². The predicted octanol–water partition coefficient (Wildman–Crippen LogP) is 6.63. The SMILES string of the molecule is CCCC(OC(=O)c1cc(C)c(N=CN(C)CC)cc1C)c1cccc(C(F)(F)F)c1. The van der Waals surface area contributed by atoms with Crippen molar-refractivity contribution < 1.29 is 22.7 Å². The quantitative estimate of drug-likeness (QED) is 0.266. The van der Waals surface area contributed by atoms with E-state index in [1.165, 1.54) is 6.07 Å². The number of rotatable bonds is 8. The van der Waals surface area contributed by atoms with E-state index in [9.17, 15) is 18.0 Å². The van der Waals surface area contributed by atoms with Crippen molar-refractivity contribution in [3.63, 3.8) is 0 Å². The van der Waals surface area contributed by atoms with Crippen LogP contribution in [-0.2, 0) is 10.9 Å². The summed E-state index contributed by atoms with van der Waals surface area (Å²) < 4.78 is 44.9. The predicted molar refractivity (Wildman–Crippen MR) is 117 cm³/mol. The molecule has 4 nitrogen and oxygen atoms in total. The highest BCUT2D eigenvalue weighted by molar-refractivity contribution is 5.92. The van der Waals surface area contributed by atoms with Crippen molar-refractivity contribution in [2.24, 2.45) is 4.99 Å². The Balaban J connectivity index is 2.29. The Morgan fingerprint density at radius 1 is 1.16 bits per heavy atom. The zero-order valence-corrected chi connectivity index (χ0v) is 18.6. The molecule has 0 aliphatic carbocycles. The minimum Gasteiger partial charge on any atom is -0.454 e. The van der Waals surface area contributed by atoms with E-state index >= 15 is 0 Å². The van der Waals surface area contributed by atoms with Crippen LogP contribution in [0, 0.1) is 13.8 Å². The van der Waals surface area contributed by atoms with Gasteiger partial charge in [-0.1, -0.05) is 25.5 Å². The van der Waals surface area contributed by atoms with Crippen molar-refractivity contribution in [1.29, 1.82) is 0 Å². The summed E-state index contributed by atoms with van der Waals surface area (Å²) in [5, 5.41) is 0. The second-order valence-electron chi connectivity index (χ2n) is 7.58. The van der Waals surface area contributed by atoms with E-state index in [4.69, 9.17) is 4.74 Å². The van der Waals surface area contributed by atoms with Gasteiger partial charge in [-0.25, -0.2) is 9.79 Å². The molecule has 0 N–H and O–H groups in total. The molecule has 0 aromatic heterocycles. The summed E-state index contributed by atoms with van der Waals surface area (Å²) in [5.41, 5.74) is 2.22. The summed E-state index contributed by atoms with van der Waals surface area (Å²) in [6.45, 7) is 8.37. The summed E-state index contributed by atoms with van der Waals surface area (Å²) in [6.07, 6.45) is -2.39. The van der Waals surface area contributed by atoms with Crippen molar-refractivity contribution in [3.05, 3.63) is 64.2 Å². The van der Waals surface area contributed by atoms with Gasteiger partial charge in [-0.2, -0.15) is 13.2 Å². The smallest absolute Gasteiger partial charge is 0.416 e. The van der Waals surface area contributed by atoms with Gasteiger partial charge in [0.05, 0.1) is 23.2 Å². The normalized spacial score (nSPS) is 12.8. The van der Waals surface area contributed by atoms with Crippen molar-refractivity contribution >= 4 is 18.0 Å². The van der Waals surface area contributed by atoms with Crippen LogP contribution in [0.3, 0.4) is 0 Å². The first kappa shape index (κ1) is 24.4. The Hall–Kier alpha value is -2.83. The van der Waals surface area contributed by atoms with Gasteiger partial charge in [0.2, 0.25) is 0 Å². The number of aryl methyl sites for hydroxylation is 2. The number of ether oxygens (including phenoxy) is 1. The minimum atomic E-state index is -4.45. The summed E-state index contributed by atoms with van der Waals surface area (Å²) >= 11 is 0. The van der Waals surface area contributed by atoms with E-state index in [-0.39, 0.29) is 0 Å². The zero-order chi connectivity index (χ0) is 23.2. The summed E-state index contributed by atoms with van der Waals surface area (Å²) in [4.78, 5) is 19.3. The van der Waals surface area contributed by atoms with Crippen LogP contribution in [0.5, 0.6) is 0 Å². The Bertz CT molecular complexity index is 939. The lowest BCUT2D eigenvalue weighted by molar-refractivity contribution is -0.137. The largest absolute Gasteiger partial charge is 0.454 e. The molecule has 31 heavy (non-hydrogen) atoms. The molecule has 0 spiro atoms. The first-order valence-corrected chi connectivity index (χ1v) is 10.3. The topological polar surface area (TPSA) is 41.9 Å². The number of alkyl halides is 3. The van der Waals surface area contributed by atoms with Gasteiger partial charge < -0.3 is 9.64 Å². The first-order valence-electron chi connectivity index (χ1n) is 10.3. The van der Waals surface area contributed by atoms with Crippen molar-refractivity contribution in [2.45, 2.75) is 52.8 Å². The van der Waals surface area contributed by atoms with Crippen LogP contribution >= 0.6 is 0 Å². The van der Waals surface area contributed by atoms with Gasteiger partial charge in [0.1, 0.15) is 6.10 Å². The van der Waals surface area contributed by atoms with E-state index < -0.39 is 23.8 Å². The maximum atomic E-state index is 13.1. The van der Waals surface area contributed by atoms with Crippen LogP contribution < -0.4 is 0 Å². The number of hydrogen-bond acceptors (Lipinski definition) is 3. The molecule has 0 amide bonds. The highest BCUT2D eigenvalue weighted by Gasteiger charge is 2.31. The van der Waals surface area contributed by atoms with E-state index in [2.05, 4.69) is 4.99 Å². The molecule has 0 saturated heterocycles. The molecular formula is C24H29F3N2O2. The van der Waals surface area contributed by atoms with Gasteiger partial charge in [-0.05, 0) is 68.1 Å². The molecule has 0 bridgehead atoms. The number of hydrogen-bond donors (Lipinski definition) is 0. The fraction of sp³-hybridized carbons (Fsp3) is 0.417. The molecular weight excluding hydrogens is 405 g/mol. The van der Waals surface area contributed by atoms with Crippen molar-refractivity contribution in [1.82, 2.24) is 4.90 Å². The molecule has 2 rings (SSSR count). The summed E-state index contributed by atoms with van der Waals surface area (Å²) in [5.74, 6) is -0.558. The highest BCUT2D eigenvalue weighted by atomic mass is 19.4. The molecule has 168 valence electrons. The molecule has 0 heterocycles. The average Bonchev–Trinajstić information content (AvgIpc) is 2.72. The van der Waals surface area contributed by atoms with Crippen molar-refractivity contribution in [3.8, 4) is 0 Å². The lowest BCUT2D eigenvalue weighted by atomic mass is 10.0. The monoisotopic (exact) mass is 434 g/mol. The number of halogens is 3. The fourth-order valence-corrected chi connectivity index (χ4v) is 3.07. The third-order valence-corrected chi connectivity index (χ3v) is 5.04. The molecule has 1 atom stereocenters. The van der Waals surface area contributed by atoms with Gasteiger partial charge in [0.15, 0.2) is 0 Å². The fourth-order valence-electron chi connectivity index (χ4n) is 3.07. The van der Waals surface area contributed by atoms with Crippen LogP contribution in [0.4, 0.5) is 18.9 Å². The number of carbonyl (C=O) groups excluding carboxylic acids is 1. The Morgan fingerprint density at radius 2 is 1.87 bits per heavy atom. The number of esters is 1. The maximum absolute atomic E-state index is 13.1. The van der Waals surface area contributed by atoms with Crippen molar-refractivity contribution in [2.75, 3.05) is 13.6 Å². The molecule has 0 radical (unpaired) electrons. The lowest BCUT2D eigenvalue weighted by Crippen LogP contribution is -2.15. The molecule has 7 heteroatoms. The lowest BCUT2D eigenvalue weighted by Gasteiger charge is -2.20.